The van der Waals surface area contributed by atoms with Crippen LogP contribution in [0, 0.1) is 11.6 Å². The lowest BCUT2D eigenvalue weighted by atomic mass is 9.93. The molecule has 2 N–H and O–H groups in total. The summed E-state index contributed by atoms with van der Waals surface area (Å²) in [5, 5.41) is 15.9. The van der Waals surface area contributed by atoms with E-state index in [4.69, 9.17) is 21.4 Å². The number of carbonyl (C=O) groups is 1. The van der Waals surface area contributed by atoms with Crippen LogP contribution in [0.4, 0.5) is 8.78 Å². The highest BCUT2D eigenvalue weighted by molar-refractivity contribution is 7.91. The molecule has 4 rings (SSSR count). The van der Waals surface area contributed by atoms with Crippen LogP contribution in [0.15, 0.2) is 47.5 Å². The molecule has 2 aromatic carbocycles. The normalized spacial score (nSPS) is 15.7. The zero-order valence-corrected chi connectivity index (χ0v) is 19.2. The van der Waals surface area contributed by atoms with Crippen LogP contribution in [0.2, 0.25) is 5.02 Å². The van der Waals surface area contributed by atoms with E-state index in [1.54, 1.807) is 0 Å². The number of aromatic nitrogens is 2. The molecule has 1 aromatic heterocycles. The molecule has 0 radical (unpaired) electrons. The molecule has 0 unspecified atom stereocenters. The monoisotopic (exact) mass is 511 g/mol. The van der Waals surface area contributed by atoms with Gasteiger partial charge in [0.15, 0.2) is 21.4 Å². The summed E-state index contributed by atoms with van der Waals surface area (Å²) in [6.07, 6.45) is 3.53. The van der Waals surface area contributed by atoms with E-state index in [1.807, 2.05) is 0 Å². The van der Waals surface area contributed by atoms with Crippen molar-refractivity contribution in [3.05, 3.63) is 70.5 Å². The molecule has 3 aromatic rings. The number of halogens is 3. The molecule has 0 spiro atoms. The van der Waals surface area contributed by atoms with Gasteiger partial charge in [-0.3, -0.25) is 14.8 Å². The Morgan fingerprint density at radius 1 is 1.26 bits per heavy atom. The fraction of sp³-hybridized carbons (Fsp3) is 0.273. The fourth-order valence-electron chi connectivity index (χ4n) is 3.84. The molecule has 1 atom stereocenters. The van der Waals surface area contributed by atoms with E-state index in [1.165, 1.54) is 23.0 Å². The van der Waals surface area contributed by atoms with Crippen molar-refractivity contribution in [3.8, 4) is 11.5 Å². The zero-order chi connectivity index (χ0) is 24.5. The minimum Gasteiger partial charge on any atom is -0.480 e. The third kappa shape index (κ3) is 5.21. The van der Waals surface area contributed by atoms with E-state index in [9.17, 15) is 22.0 Å². The van der Waals surface area contributed by atoms with E-state index >= 15 is 0 Å². The number of nitrogens with one attached hydrogen (secondary N) is 1. The third-order valence-corrected chi connectivity index (χ3v) is 7.41. The topological polar surface area (TPSA) is 111 Å². The Balaban J connectivity index is 1.50. The van der Waals surface area contributed by atoms with Gasteiger partial charge in [0.05, 0.1) is 16.1 Å². The summed E-state index contributed by atoms with van der Waals surface area (Å²) < 4.78 is 60.3. The van der Waals surface area contributed by atoms with Gasteiger partial charge in [0.25, 0.3) is 0 Å². The van der Waals surface area contributed by atoms with Gasteiger partial charge < -0.3 is 9.84 Å². The second-order valence-electron chi connectivity index (χ2n) is 7.78. The molecule has 12 heteroatoms. The predicted octanol–water partition coefficient (Wildman–Crippen LogP) is 4.09. The van der Waals surface area contributed by atoms with Crippen molar-refractivity contribution in [3.63, 3.8) is 0 Å². The maximum atomic E-state index is 14.6. The third-order valence-electron chi connectivity index (χ3n) is 5.43. The molecule has 1 heterocycles. The lowest BCUT2D eigenvalue weighted by molar-refractivity contribution is -0.137. The Labute approximate surface area is 199 Å². The van der Waals surface area contributed by atoms with Gasteiger partial charge in [-0.25, -0.2) is 17.2 Å². The molecule has 0 fully saturated rings. The molecule has 0 amide bonds. The van der Waals surface area contributed by atoms with Crippen LogP contribution in [0.5, 0.6) is 11.5 Å². The zero-order valence-electron chi connectivity index (χ0n) is 17.7. The molecule has 8 nitrogen and oxygen atoms in total. The van der Waals surface area contributed by atoms with Crippen molar-refractivity contribution in [1.29, 1.82) is 0 Å². The fourth-order valence-corrected chi connectivity index (χ4v) is 5.56. The second-order valence-corrected chi connectivity index (χ2v) is 10.1. The molecule has 1 aliphatic carbocycles. The number of hydrogen-bond donors (Lipinski definition) is 2. The summed E-state index contributed by atoms with van der Waals surface area (Å²) in [6.45, 7) is -0.276. The van der Waals surface area contributed by atoms with Crippen LogP contribution in [-0.4, -0.2) is 35.2 Å². The molecule has 0 aliphatic heterocycles. The van der Waals surface area contributed by atoms with E-state index < -0.39 is 38.2 Å². The van der Waals surface area contributed by atoms with Crippen molar-refractivity contribution < 1.29 is 31.8 Å². The van der Waals surface area contributed by atoms with Gasteiger partial charge in [0.2, 0.25) is 0 Å². The maximum absolute atomic E-state index is 14.6. The number of hydrogen-bond acceptors (Lipinski definition) is 6. The summed E-state index contributed by atoms with van der Waals surface area (Å²) >= 11 is 6.15. The maximum Gasteiger partial charge on any atom is 0.325 e. The van der Waals surface area contributed by atoms with Gasteiger partial charge in [-0.2, -0.15) is 5.10 Å². The minimum atomic E-state index is -4.03. The Hall–Kier alpha value is -3.02. The number of sulfone groups is 1. The second kappa shape index (κ2) is 9.69. The predicted molar refractivity (Wildman–Crippen MR) is 119 cm³/mol. The Morgan fingerprint density at radius 3 is 2.71 bits per heavy atom. The number of ether oxygens (including phenoxy) is 1. The van der Waals surface area contributed by atoms with E-state index in [0.717, 1.165) is 41.9 Å². The van der Waals surface area contributed by atoms with Gasteiger partial charge >= 0.3 is 5.97 Å². The average molecular weight is 512 g/mol. The SMILES string of the molecule is O=C(O)Cn1ncc2c1CCC[C@H]2NCS(=O)(=O)c1cc(F)c(Oc2ccc(F)cc2)cc1Cl. The van der Waals surface area contributed by atoms with Crippen molar-refractivity contribution in [1.82, 2.24) is 15.1 Å². The summed E-state index contributed by atoms with van der Waals surface area (Å²) in [6, 6.07) is 6.37. The number of carboxylic acid groups (broad SMARTS) is 1. The summed E-state index contributed by atoms with van der Waals surface area (Å²) in [5.41, 5.74) is 1.48. The van der Waals surface area contributed by atoms with Gasteiger partial charge in [-0.05, 0) is 49.6 Å². The van der Waals surface area contributed by atoms with Crippen molar-refractivity contribution in [2.45, 2.75) is 36.7 Å². The van der Waals surface area contributed by atoms with Crippen LogP contribution >= 0.6 is 11.6 Å². The summed E-state index contributed by atoms with van der Waals surface area (Å²) in [5.74, 6) is -3.11. The first-order chi connectivity index (χ1) is 16.1. The first kappa shape index (κ1) is 24.1. The largest absolute Gasteiger partial charge is 0.480 e. The lowest BCUT2D eigenvalue weighted by Crippen LogP contribution is -2.30. The highest BCUT2D eigenvalue weighted by Crippen LogP contribution is 2.34. The molecule has 0 saturated carbocycles. The first-order valence-corrected chi connectivity index (χ1v) is 12.3. The van der Waals surface area contributed by atoms with E-state index in [2.05, 4.69) is 10.4 Å². The quantitative estimate of drug-likeness (QED) is 0.468. The van der Waals surface area contributed by atoms with Gasteiger partial charge in [-0.15, -0.1) is 0 Å². The van der Waals surface area contributed by atoms with Crippen LogP contribution < -0.4 is 10.1 Å². The number of aliphatic carboxylic acids is 1. The van der Waals surface area contributed by atoms with Gasteiger partial charge in [0, 0.05) is 23.4 Å². The van der Waals surface area contributed by atoms with Crippen molar-refractivity contribution in [2.24, 2.45) is 0 Å². The van der Waals surface area contributed by atoms with Gasteiger partial charge in [-0.1, -0.05) is 11.6 Å². The Bertz CT molecular complexity index is 1330. The number of benzene rings is 2. The molecule has 0 bridgehead atoms. The average Bonchev–Trinajstić information content (AvgIpc) is 3.19. The van der Waals surface area contributed by atoms with Crippen molar-refractivity contribution >= 4 is 27.4 Å². The van der Waals surface area contributed by atoms with E-state index in [0.29, 0.717) is 12.8 Å². The lowest BCUT2D eigenvalue weighted by Gasteiger charge is -2.24. The highest BCUT2D eigenvalue weighted by Gasteiger charge is 2.28. The number of fused-ring (bicyclic) bond motifs is 1. The first-order valence-electron chi connectivity index (χ1n) is 10.3. The molecular formula is C22H20ClF2N3O5S. The van der Waals surface area contributed by atoms with E-state index in [-0.39, 0.29) is 29.1 Å². The standard InChI is InChI=1S/C22H20ClF2N3O5S/c23-16-8-20(33-14-6-4-13(24)5-7-14)17(25)9-21(16)34(31,32)12-26-18-2-1-3-19-15(18)10-27-28(19)11-22(29)30/h4-10,18,26H,1-3,11-12H2,(H,29,30)/t18-/m1/s1. The molecule has 1 aliphatic rings. The highest BCUT2D eigenvalue weighted by atomic mass is 35.5. The Kier molecular flexibility index (Phi) is 6.87. The van der Waals surface area contributed by atoms with Crippen molar-refractivity contribution in [2.75, 3.05) is 5.88 Å². The number of rotatable bonds is 8. The number of nitrogens with zero attached hydrogens (tertiary/aromatic N) is 2. The van der Waals surface area contributed by atoms with Crippen LogP contribution in [0.1, 0.15) is 30.1 Å². The molecule has 34 heavy (non-hydrogen) atoms. The molecular weight excluding hydrogens is 492 g/mol. The Morgan fingerprint density at radius 2 is 2.00 bits per heavy atom. The van der Waals surface area contributed by atoms with Gasteiger partial charge in [0.1, 0.15) is 24.0 Å². The number of carboxylic acids is 1. The van der Waals surface area contributed by atoms with Crippen LogP contribution in [-0.2, 0) is 27.6 Å². The summed E-state index contributed by atoms with van der Waals surface area (Å²) in [7, 11) is -4.03. The molecule has 0 saturated heterocycles. The minimum absolute atomic E-state index is 0.158. The smallest absolute Gasteiger partial charge is 0.325 e. The summed E-state index contributed by atoms with van der Waals surface area (Å²) in [4.78, 5) is 10.6. The molecule has 180 valence electrons. The van der Waals surface area contributed by atoms with Crippen LogP contribution in [0.3, 0.4) is 0 Å². The van der Waals surface area contributed by atoms with Crippen LogP contribution in [0.25, 0.3) is 0 Å².